The SMILES string of the molecule is CC(C)CN1/C(=N/c2ccc(C#N)c3c2CCCC3)SC[C@H]1[C@@H](C)OC(C)(C)C. The maximum Gasteiger partial charge on any atom is 0.164 e. The Labute approximate surface area is 180 Å². The summed E-state index contributed by atoms with van der Waals surface area (Å²) in [4.78, 5) is 7.61. The average Bonchev–Trinajstić information content (AvgIpc) is 3.02. The Bertz CT molecular complexity index is 804. The van der Waals surface area contributed by atoms with Crippen LogP contribution in [0.25, 0.3) is 0 Å². The lowest BCUT2D eigenvalue weighted by Gasteiger charge is -2.35. The number of nitrogens with zero attached hydrogens (tertiary/aromatic N) is 3. The van der Waals surface area contributed by atoms with Crippen LogP contribution in [0.15, 0.2) is 17.1 Å². The molecule has 2 atom stereocenters. The highest BCUT2D eigenvalue weighted by molar-refractivity contribution is 8.14. The zero-order valence-corrected chi connectivity index (χ0v) is 19.6. The molecule has 158 valence electrons. The lowest BCUT2D eigenvalue weighted by molar-refractivity contribution is -0.0737. The van der Waals surface area contributed by atoms with Crippen LogP contribution in [0.3, 0.4) is 0 Å². The number of benzene rings is 1. The van der Waals surface area contributed by atoms with Gasteiger partial charge < -0.3 is 9.64 Å². The zero-order valence-electron chi connectivity index (χ0n) is 18.8. The molecule has 1 aliphatic heterocycles. The van der Waals surface area contributed by atoms with Crippen molar-refractivity contribution in [2.24, 2.45) is 10.9 Å². The van der Waals surface area contributed by atoms with E-state index in [1.165, 1.54) is 24.0 Å². The highest BCUT2D eigenvalue weighted by Crippen LogP contribution is 2.36. The third-order valence-electron chi connectivity index (χ3n) is 5.52. The van der Waals surface area contributed by atoms with Gasteiger partial charge in [0.05, 0.1) is 35.1 Å². The number of thioether (sulfide) groups is 1. The van der Waals surface area contributed by atoms with Crippen molar-refractivity contribution in [3.8, 4) is 6.07 Å². The van der Waals surface area contributed by atoms with E-state index in [0.717, 1.165) is 41.6 Å². The monoisotopic (exact) mass is 413 g/mol. The molecule has 1 fully saturated rings. The largest absolute Gasteiger partial charge is 0.371 e. The summed E-state index contributed by atoms with van der Waals surface area (Å²) >= 11 is 1.84. The van der Waals surface area contributed by atoms with Gasteiger partial charge in [0.25, 0.3) is 0 Å². The van der Waals surface area contributed by atoms with Crippen LogP contribution in [0.4, 0.5) is 5.69 Å². The maximum absolute atomic E-state index is 9.49. The molecule has 0 aromatic heterocycles. The van der Waals surface area contributed by atoms with E-state index in [1.54, 1.807) is 0 Å². The van der Waals surface area contributed by atoms with Gasteiger partial charge in [-0.15, -0.1) is 0 Å². The molecule has 0 unspecified atom stereocenters. The summed E-state index contributed by atoms with van der Waals surface area (Å²) in [5.74, 6) is 1.56. The van der Waals surface area contributed by atoms with Crippen LogP contribution >= 0.6 is 11.8 Å². The van der Waals surface area contributed by atoms with Crippen molar-refractivity contribution < 1.29 is 4.74 Å². The minimum Gasteiger partial charge on any atom is -0.371 e. The quantitative estimate of drug-likeness (QED) is 0.621. The predicted molar refractivity (Wildman–Crippen MR) is 123 cm³/mol. The van der Waals surface area contributed by atoms with Crippen molar-refractivity contribution in [3.05, 3.63) is 28.8 Å². The van der Waals surface area contributed by atoms with E-state index in [4.69, 9.17) is 9.73 Å². The van der Waals surface area contributed by atoms with Crippen molar-refractivity contribution in [2.75, 3.05) is 12.3 Å². The molecule has 1 aromatic rings. The Hall–Kier alpha value is -1.51. The number of rotatable bonds is 5. The number of aliphatic imine (C=N–C) groups is 1. The molecule has 4 nitrogen and oxygen atoms in total. The van der Waals surface area contributed by atoms with Gasteiger partial charge in [0.2, 0.25) is 0 Å². The number of hydrogen-bond donors (Lipinski definition) is 0. The summed E-state index contributed by atoms with van der Waals surface area (Å²) < 4.78 is 6.31. The molecule has 2 aliphatic rings. The van der Waals surface area contributed by atoms with Gasteiger partial charge in [-0.1, -0.05) is 25.6 Å². The third kappa shape index (κ3) is 5.35. The summed E-state index contributed by atoms with van der Waals surface area (Å²) in [6.45, 7) is 14.1. The molecule has 1 heterocycles. The second-order valence-electron chi connectivity index (χ2n) is 9.66. The topological polar surface area (TPSA) is 48.6 Å². The van der Waals surface area contributed by atoms with Crippen LogP contribution in [0.2, 0.25) is 0 Å². The van der Waals surface area contributed by atoms with E-state index in [0.29, 0.717) is 12.0 Å². The Morgan fingerprint density at radius 2 is 1.90 bits per heavy atom. The summed E-state index contributed by atoms with van der Waals surface area (Å²) in [6.07, 6.45) is 4.52. The summed E-state index contributed by atoms with van der Waals surface area (Å²) in [6, 6.07) is 6.71. The van der Waals surface area contributed by atoms with Crippen molar-refractivity contribution in [1.82, 2.24) is 4.90 Å². The molecule has 0 spiro atoms. The van der Waals surface area contributed by atoms with Gasteiger partial charge in [-0.25, -0.2) is 4.99 Å². The molecule has 0 N–H and O–H groups in total. The minimum atomic E-state index is -0.153. The number of hydrogen-bond acceptors (Lipinski definition) is 4. The fourth-order valence-corrected chi connectivity index (χ4v) is 5.67. The first-order chi connectivity index (χ1) is 13.7. The lowest BCUT2D eigenvalue weighted by atomic mass is 9.87. The van der Waals surface area contributed by atoms with Crippen LogP contribution in [0.1, 0.15) is 71.1 Å². The van der Waals surface area contributed by atoms with E-state index in [2.05, 4.69) is 52.5 Å². The van der Waals surface area contributed by atoms with E-state index >= 15 is 0 Å². The molecule has 29 heavy (non-hydrogen) atoms. The molecule has 1 aliphatic carbocycles. The molecule has 1 aromatic carbocycles. The van der Waals surface area contributed by atoms with Crippen LogP contribution in [0.5, 0.6) is 0 Å². The smallest absolute Gasteiger partial charge is 0.164 e. The minimum absolute atomic E-state index is 0.142. The molecule has 0 saturated carbocycles. The highest BCUT2D eigenvalue weighted by atomic mass is 32.2. The van der Waals surface area contributed by atoms with Crippen molar-refractivity contribution in [1.29, 1.82) is 5.26 Å². The Morgan fingerprint density at radius 1 is 1.21 bits per heavy atom. The van der Waals surface area contributed by atoms with Gasteiger partial charge in [-0.3, -0.25) is 0 Å². The van der Waals surface area contributed by atoms with Crippen LogP contribution in [-0.2, 0) is 17.6 Å². The van der Waals surface area contributed by atoms with E-state index in [9.17, 15) is 5.26 Å². The number of ether oxygens (including phenoxy) is 1. The van der Waals surface area contributed by atoms with Crippen LogP contribution in [0, 0.1) is 17.2 Å². The average molecular weight is 414 g/mol. The predicted octanol–water partition coefficient (Wildman–Crippen LogP) is 5.70. The van der Waals surface area contributed by atoms with Crippen molar-refractivity contribution >= 4 is 22.6 Å². The van der Waals surface area contributed by atoms with Crippen molar-refractivity contribution in [3.63, 3.8) is 0 Å². The normalized spacial score (nSPS) is 22.1. The molecule has 0 amide bonds. The molecule has 1 saturated heterocycles. The van der Waals surface area contributed by atoms with E-state index < -0.39 is 0 Å². The number of fused-ring (bicyclic) bond motifs is 1. The number of nitriles is 1. The maximum atomic E-state index is 9.49. The molecule has 0 radical (unpaired) electrons. The Morgan fingerprint density at radius 3 is 2.52 bits per heavy atom. The molecular formula is C24H35N3OS. The molecular weight excluding hydrogens is 378 g/mol. The summed E-state index contributed by atoms with van der Waals surface area (Å²) in [5, 5.41) is 10.6. The second-order valence-corrected chi connectivity index (χ2v) is 10.6. The van der Waals surface area contributed by atoms with E-state index in [-0.39, 0.29) is 11.7 Å². The van der Waals surface area contributed by atoms with Crippen LogP contribution < -0.4 is 0 Å². The Balaban J connectivity index is 1.93. The van der Waals surface area contributed by atoms with Gasteiger partial charge in [-0.05, 0) is 82.6 Å². The first kappa shape index (κ1) is 22.2. The van der Waals surface area contributed by atoms with Gasteiger partial charge in [0.1, 0.15) is 0 Å². The summed E-state index contributed by atoms with van der Waals surface area (Å²) in [5.41, 5.74) is 4.24. The standard InChI is InChI=1S/C24H35N3OS/c1-16(2)14-27-22(17(3)28-24(4,5)6)15-29-23(27)26-21-12-11-18(13-25)19-9-7-8-10-20(19)21/h11-12,16-17,22H,7-10,14-15H2,1-6H3/b26-23-/t17-,22+/m1/s1. The van der Waals surface area contributed by atoms with Crippen molar-refractivity contribution in [2.45, 2.75) is 85.0 Å². The first-order valence-corrected chi connectivity index (χ1v) is 11.9. The third-order valence-corrected chi connectivity index (χ3v) is 6.61. The number of amidine groups is 1. The fraction of sp³-hybridized carbons (Fsp3) is 0.667. The van der Waals surface area contributed by atoms with Gasteiger partial charge >= 0.3 is 0 Å². The first-order valence-electron chi connectivity index (χ1n) is 10.9. The lowest BCUT2D eigenvalue weighted by Crippen LogP contribution is -2.46. The van der Waals surface area contributed by atoms with Crippen LogP contribution in [-0.4, -0.2) is 40.1 Å². The second kappa shape index (κ2) is 9.10. The highest BCUT2D eigenvalue weighted by Gasteiger charge is 2.36. The molecule has 5 heteroatoms. The molecule has 0 bridgehead atoms. The zero-order chi connectivity index (χ0) is 21.2. The van der Waals surface area contributed by atoms with Gasteiger partial charge in [-0.2, -0.15) is 5.26 Å². The summed E-state index contributed by atoms with van der Waals surface area (Å²) in [7, 11) is 0. The van der Waals surface area contributed by atoms with Gasteiger partial charge in [0, 0.05) is 12.3 Å². The fourth-order valence-electron chi connectivity index (χ4n) is 4.36. The Kier molecular flexibility index (Phi) is 6.96. The molecule has 3 rings (SSSR count). The van der Waals surface area contributed by atoms with Gasteiger partial charge in [0.15, 0.2) is 5.17 Å². The van der Waals surface area contributed by atoms with E-state index in [1.807, 2.05) is 23.9 Å².